The minimum absolute atomic E-state index is 0.215. The van der Waals surface area contributed by atoms with Gasteiger partial charge in [-0.1, -0.05) is 6.07 Å². The Hall–Kier alpha value is -1.38. The number of non-ortho nitro benzene ring substituents is 1. The molecule has 68 valence electrons. The molecule has 1 saturated carbocycles. The van der Waals surface area contributed by atoms with E-state index in [9.17, 15) is 10.1 Å². The van der Waals surface area contributed by atoms with Crippen LogP contribution >= 0.6 is 0 Å². The molecule has 1 fully saturated rings. The van der Waals surface area contributed by atoms with E-state index < -0.39 is 0 Å². The molecule has 1 aromatic rings. The lowest BCUT2D eigenvalue weighted by Crippen LogP contribution is -1.91. The molecule has 0 spiro atoms. The SMILES string of the molecule is Cc1ccc([N+](=O)[O-])cc1C1CC1. The fourth-order valence-corrected chi connectivity index (χ4v) is 1.58. The van der Waals surface area contributed by atoms with E-state index in [2.05, 4.69) is 0 Å². The Kier molecular flexibility index (Phi) is 1.79. The maximum absolute atomic E-state index is 10.5. The lowest BCUT2D eigenvalue weighted by Gasteiger charge is -2.02. The first-order chi connectivity index (χ1) is 6.18. The van der Waals surface area contributed by atoms with E-state index in [1.165, 1.54) is 18.4 Å². The van der Waals surface area contributed by atoms with Gasteiger partial charge in [0.1, 0.15) is 0 Å². The van der Waals surface area contributed by atoms with Crippen molar-refractivity contribution in [3.63, 3.8) is 0 Å². The van der Waals surface area contributed by atoms with E-state index in [1.807, 2.05) is 13.0 Å². The molecule has 1 aliphatic rings. The molecule has 0 saturated heterocycles. The van der Waals surface area contributed by atoms with E-state index >= 15 is 0 Å². The molecule has 0 N–H and O–H groups in total. The van der Waals surface area contributed by atoms with Crippen molar-refractivity contribution in [1.29, 1.82) is 0 Å². The summed E-state index contributed by atoms with van der Waals surface area (Å²) in [6, 6.07) is 5.12. The van der Waals surface area contributed by atoms with E-state index in [0.29, 0.717) is 5.92 Å². The van der Waals surface area contributed by atoms with E-state index in [0.717, 1.165) is 5.56 Å². The molecule has 0 bridgehead atoms. The highest BCUT2D eigenvalue weighted by Gasteiger charge is 2.26. The minimum atomic E-state index is -0.328. The molecular weight excluding hydrogens is 166 g/mol. The van der Waals surface area contributed by atoms with Crippen molar-refractivity contribution < 1.29 is 4.92 Å². The van der Waals surface area contributed by atoms with Crippen molar-refractivity contribution in [2.75, 3.05) is 0 Å². The quantitative estimate of drug-likeness (QED) is 0.515. The summed E-state index contributed by atoms with van der Waals surface area (Å²) in [5.74, 6) is 0.583. The fraction of sp³-hybridized carbons (Fsp3) is 0.400. The molecular formula is C10H11NO2. The molecule has 3 nitrogen and oxygen atoms in total. The van der Waals surface area contributed by atoms with Crippen molar-refractivity contribution >= 4 is 5.69 Å². The third kappa shape index (κ3) is 1.54. The number of nitro benzene ring substituents is 1. The summed E-state index contributed by atoms with van der Waals surface area (Å²) >= 11 is 0. The molecule has 0 heterocycles. The molecule has 0 aliphatic heterocycles. The molecule has 2 rings (SSSR count). The molecule has 3 heteroatoms. The lowest BCUT2D eigenvalue weighted by atomic mass is 10.0. The van der Waals surface area contributed by atoms with E-state index in [1.54, 1.807) is 12.1 Å². The van der Waals surface area contributed by atoms with Gasteiger partial charge in [-0.2, -0.15) is 0 Å². The summed E-state index contributed by atoms with van der Waals surface area (Å²) in [4.78, 5) is 10.2. The number of aryl methyl sites for hydroxylation is 1. The number of nitrogens with zero attached hydrogens (tertiary/aromatic N) is 1. The van der Waals surface area contributed by atoms with Crippen molar-refractivity contribution in [2.45, 2.75) is 25.7 Å². The number of benzene rings is 1. The lowest BCUT2D eigenvalue weighted by molar-refractivity contribution is -0.384. The third-order valence-corrected chi connectivity index (χ3v) is 2.49. The van der Waals surface area contributed by atoms with Crippen LogP contribution in [0.2, 0.25) is 0 Å². The Morgan fingerprint density at radius 2 is 2.15 bits per heavy atom. The van der Waals surface area contributed by atoms with Crippen LogP contribution in [0.15, 0.2) is 18.2 Å². The van der Waals surface area contributed by atoms with Gasteiger partial charge in [0.15, 0.2) is 0 Å². The zero-order valence-electron chi connectivity index (χ0n) is 7.49. The van der Waals surface area contributed by atoms with Crippen molar-refractivity contribution in [1.82, 2.24) is 0 Å². The zero-order chi connectivity index (χ0) is 9.42. The Bertz CT molecular complexity index is 356. The zero-order valence-corrected chi connectivity index (χ0v) is 7.49. The normalized spacial score (nSPS) is 15.8. The Labute approximate surface area is 76.5 Å². The van der Waals surface area contributed by atoms with Crippen LogP contribution in [0, 0.1) is 17.0 Å². The molecule has 0 radical (unpaired) electrons. The van der Waals surface area contributed by atoms with Gasteiger partial charge in [0.2, 0.25) is 0 Å². The first kappa shape index (κ1) is 8.23. The number of hydrogen-bond donors (Lipinski definition) is 0. The summed E-state index contributed by atoms with van der Waals surface area (Å²) in [7, 11) is 0. The molecule has 0 aromatic heterocycles. The van der Waals surface area contributed by atoms with Crippen LogP contribution in [0.1, 0.15) is 29.9 Å². The highest BCUT2D eigenvalue weighted by atomic mass is 16.6. The van der Waals surface area contributed by atoms with Gasteiger partial charge >= 0.3 is 0 Å². The predicted molar refractivity (Wildman–Crippen MR) is 49.8 cm³/mol. The molecule has 1 aromatic carbocycles. The van der Waals surface area contributed by atoms with Gasteiger partial charge in [-0.3, -0.25) is 10.1 Å². The van der Waals surface area contributed by atoms with Crippen molar-refractivity contribution in [2.24, 2.45) is 0 Å². The second kappa shape index (κ2) is 2.83. The van der Waals surface area contributed by atoms with Gasteiger partial charge in [0.25, 0.3) is 5.69 Å². The first-order valence-electron chi connectivity index (χ1n) is 4.43. The van der Waals surface area contributed by atoms with Crippen LogP contribution in [-0.2, 0) is 0 Å². The minimum Gasteiger partial charge on any atom is -0.258 e. The van der Waals surface area contributed by atoms with Gasteiger partial charge in [0.05, 0.1) is 4.92 Å². The molecule has 0 unspecified atom stereocenters. The predicted octanol–water partition coefficient (Wildman–Crippen LogP) is 2.78. The molecule has 0 amide bonds. The van der Waals surface area contributed by atoms with Gasteiger partial charge in [-0.05, 0) is 36.8 Å². The number of nitro groups is 1. The second-order valence-electron chi connectivity index (χ2n) is 3.57. The maximum atomic E-state index is 10.5. The Balaban J connectivity index is 2.41. The molecule has 13 heavy (non-hydrogen) atoms. The second-order valence-corrected chi connectivity index (χ2v) is 3.57. The van der Waals surface area contributed by atoms with E-state index in [4.69, 9.17) is 0 Å². The fourth-order valence-electron chi connectivity index (χ4n) is 1.58. The van der Waals surface area contributed by atoms with Crippen LogP contribution in [0.4, 0.5) is 5.69 Å². The first-order valence-corrected chi connectivity index (χ1v) is 4.43. The van der Waals surface area contributed by atoms with Crippen molar-refractivity contribution in [3.8, 4) is 0 Å². The van der Waals surface area contributed by atoms with Gasteiger partial charge in [0, 0.05) is 12.1 Å². The highest BCUT2D eigenvalue weighted by molar-refractivity contribution is 5.42. The van der Waals surface area contributed by atoms with Gasteiger partial charge < -0.3 is 0 Å². The smallest absolute Gasteiger partial charge is 0.258 e. The molecule has 1 aliphatic carbocycles. The summed E-state index contributed by atoms with van der Waals surface area (Å²) in [6.45, 7) is 2.01. The van der Waals surface area contributed by atoms with Crippen LogP contribution in [0.3, 0.4) is 0 Å². The summed E-state index contributed by atoms with van der Waals surface area (Å²) in [5.41, 5.74) is 2.55. The Morgan fingerprint density at radius 3 is 2.69 bits per heavy atom. The monoisotopic (exact) mass is 177 g/mol. The number of rotatable bonds is 2. The standard InChI is InChI=1S/C10H11NO2/c1-7-2-5-9(11(12)13)6-10(7)8-3-4-8/h2,5-6,8H,3-4H2,1H3. The largest absolute Gasteiger partial charge is 0.269 e. The van der Waals surface area contributed by atoms with Crippen molar-refractivity contribution in [3.05, 3.63) is 39.4 Å². The topological polar surface area (TPSA) is 43.1 Å². The van der Waals surface area contributed by atoms with Gasteiger partial charge in [-0.25, -0.2) is 0 Å². The third-order valence-electron chi connectivity index (χ3n) is 2.49. The average Bonchev–Trinajstić information content (AvgIpc) is 2.87. The van der Waals surface area contributed by atoms with Crippen LogP contribution < -0.4 is 0 Å². The van der Waals surface area contributed by atoms with Gasteiger partial charge in [-0.15, -0.1) is 0 Å². The number of hydrogen-bond acceptors (Lipinski definition) is 2. The summed E-state index contributed by atoms with van der Waals surface area (Å²) < 4.78 is 0. The average molecular weight is 177 g/mol. The van der Waals surface area contributed by atoms with Crippen LogP contribution in [0.25, 0.3) is 0 Å². The Morgan fingerprint density at radius 1 is 1.46 bits per heavy atom. The van der Waals surface area contributed by atoms with E-state index in [-0.39, 0.29) is 10.6 Å². The molecule has 0 atom stereocenters. The van der Waals surface area contributed by atoms with Crippen LogP contribution in [-0.4, -0.2) is 4.92 Å². The summed E-state index contributed by atoms with van der Waals surface area (Å²) in [5, 5.41) is 10.5. The summed E-state index contributed by atoms with van der Waals surface area (Å²) in [6.07, 6.45) is 2.37. The maximum Gasteiger partial charge on any atom is 0.269 e. The van der Waals surface area contributed by atoms with Crippen LogP contribution in [0.5, 0.6) is 0 Å². The highest BCUT2D eigenvalue weighted by Crippen LogP contribution is 2.42.